The number of amides is 1. The van der Waals surface area contributed by atoms with E-state index in [2.05, 4.69) is 4.74 Å². The van der Waals surface area contributed by atoms with Crippen LogP contribution in [0, 0.1) is 5.92 Å². The Morgan fingerprint density at radius 2 is 2.06 bits per heavy atom. The summed E-state index contributed by atoms with van der Waals surface area (Å²) < 4.78 is 30.8. The Kier molecular flexibility index (Phi) is 3.54. The van der Waals surface area contributed by atoms with Crippen LogP contribution in [0.4, 0.5) is 8.78 Å². The van der Waals surface area contributed by atoms with Crippen LogP contribution in [0.1, 0.15) is 32.1 Å². The summed E-state index contributed by atoms with van der Waals surface area (Å²) in [5.41, 5.74) is 0. The van der Waals surface area contributed by atoms with E-state index < -0.39 is 30.3 Å². The van der Waals surface area contributed by atoms with Crippen LogP contribution in [0.3, 0.4) is 0 Å². The maximum Gasteiger partial charge on any atom is 0.328 e. The summed E-state index contributed by atoms with van der Waals surface area (Å²) in [5, 5.41) is 0. The quantitative estimate of drug-likeness (QED) is 0.709. The molecule has 1 heterocycles. The van der Waals surface area contributed by atoms with Crippen LogP contribution in [-0.4, -0.2) is 42.4 Å². The van der Waals surface area contributed by atoms with Crippen molar-refractivity contribution in [2.24, 2.45) is 5.92 Å². The summed E-state index contributed by atoms with van der Waals surface area (Å²) in [5.74, 6) is -4.16. The van der Waals surface area contributed by atoms with Gasteiger partial charge in [0, 0.05) is 25.3 Å². The van der Waals surface area contributed by atoms with Crippen LogP contribution in [0.15, 0.2) is 0 Å². The molecule has 2 atom stereocenters. The highest BCUT2D eigenvalue weighted by Crippen LogP contribution is 2.40. The van der Waals surface area contributed by atoms with Crippen molar-refractivity contribution >= 4 is 11.9 Å². The third-order valence-corrected chi connectivity index (χ3v) is 3.76. The number of likely N-dealkylation sites (tertiary alicyclic amines) is 1. The lowest BCUT2D eigenvalue weighted by molar-refractivity contribution is -0.152. The average Bonchev–Trinajstić information content (AvgIpc) is 2.93. The van der Waals surface area contributed by atoms with Gasteiger partial charge in [0.05, 0.1) is 7.11 Å². The number of nitrogens with zero attached hydrogens (tertiary/aromatic N) is 1. The highest BCUT2D eigenvalue weighted by Gasteiger charge is 2.46. The van der Waals surface area contributed by atoms with Crippen LogP contribution in [0.2, 0.25) is 0 Å². The van der Waals surface area contributed by atoms with Gasteiger partial charge in [0.25, 0.3) is 0 Å². The zero-order valence-electron chi connectivity index (χ0n) is 10.3. The number of carbonyl (C=O) groups excluding carboxylic acids is 2. The van der Waals surface area contributed by atoms with E-state index in [1.807, 2.05) is 0 Å². The molecule has 0 aromatic carbocycles. The summed E-state index contributed by atoms with van der Waals surface area (Å²) in [6, 6.07) is -0.586. The van der Waals surface area contributed by atoms with Gasteiger partial charge in [-0.05, 0) is 19.3 Å². The maximum absolute atomic E-state index is 13.1. The molecule has 1 amide bonds. The molecule has 2 aliphatic rings. The van der Waals surface area contributed by atoms with E-state index in [4.69, 9.17) is 0 Å². The van der Waals surface area contributed by atoms with Gasteiger partial charge < -0.3 is 9.64 Å². The minimum Gasteiger partial charge on any atom is -0.467 e. The lowest BCUT2D eigenvalue weighted by Gasteiger charge is -2.25. The Morgan fingerprint density at radius 1 is 1.33 bits per heavy atom. The number of carbonyl (C=O) groups is 2. The molecule has 2 fully saturated rings. The fourth-order valence-electron chi connectivity index (χ4n) is 2.81. The van der Waals surface area contributed by atoms with Gasteiger partial charge in [-0.1, -0.05) is 0 Å². The topological polar surface area (TPSA) is 46.6 Å². The van der Waals surface area contributed by atoms with Gasteiger partial charge in [0.15, 0.2) is 0 Å². The van der Waals surface area contributed by atoms with Gasteiger partial charge in [0.2, 0.25) is 11.8 Å². The number of esters is 1. The number of hydrogen-bond donors (Lipinski definition) is 0. The monoisotopic (exact) mass is 261 g/mol. The summed E-state index contributed by atoms with van der Waals surface area (Å²) in [6.45, 7) is 0.459. The van der Waals surface area contributed by atoms with E-state index >= 15 is 0 Å². The molecule has 1 saturated carbocycles. The van der Waals surface area contributed by atoms with Crippen molar-refractivity contribution in [1.82, 2.24) is 4.90 Å². The molecule has 0 radical (unpaired) electrons. The zero-order valence-corrected chi connectivity index (χ0v) is 10.3. The fraction of sp³-hybridized carbons (Fsp3) is 0.833. The second kappa shape index (κ2) is 4.82. The summed E-state index contributed by atoms with van der Waals surface area (Å²) in [7, 11) is 1.27. The second-order valence-corrected chi connectivity index (χ2v) is 5.01. The number of methoxy groups -OCH3 is 1. The molecule has 18 heavy (non-hydrogen) atoms. The van der Waals surface area contributed by atoms with Crippen molar-refractivity contribution in [3.8, 4) is 0 Å². The Balaban J connectivity index is 2.03. The standard InChI is InChI=1S/C12H17F2NO3/c1-18-11(17)9-3-2-6-15(9)10(16)8-4-5-12(13,14)7-8/h8-9H,2-7H2,1H3. The van der Waals surface area contributed by atoms with E-state index in [-0.39, 0.29) is 18.7 Å². The number of hydrogen-bond acceptors (Lipinski definition) is 3. The molecule has 1 aliphatic heterocycles. The third-order valence-electron chi connectivity index (χ3n) is 3.76. The molecule has 0 N–H and O–H groups in total. The Hall–Kier alpha value is -1.20. The molecule has 1 aliphatic carbocycles. The van der Waals surface area contributed by atoms with Gasteiger partial charge in [0.1, 0.15) is 6.04 Å². The number of halogens is 2. The third kappa shape index (κ3) is 2.47. The average molecular weight is 261 g/mol. The van der Waals surface area contributed by atoms with Crippen molar-refractivity contribution in [1.29, 1.82) is 0 Å². The van der Waals surface area contributed by atoms with Crippen molar-refractivity contribution < 1.29 is 23.1 Å². The molecule has 2 unspecified atom stereocenters. The first-order chi connectivity index (χ1) is 8.44. The fourth-order valence-corrected chi connectivity index (χ4v) is 2.81. The van der Waals surface area contributed by atoms with Gasteiger partial charge in [-0.3, -0.25) is 4.79 Å². The first-order valence-electron chi connectivity index (χ1n) is 6.21. The van der Waals surface area contributed by atoms with Crippen molar-refractivity contribution in [3.05, 3.63) is 0 Å². The molecule has 4 nitrogen and oxygen atoms in total. The lowest BCUT2D eigenvalue weighted by Crippen LogP contribution is -2.43. The van der Waals surface area contributed by atoms with Crippen LogP contribution in [0.5, 0.6) is 0 Å². The van der Waals surface area contributed by atoms with Gasteiger partial charge in [-0.2, -0.15) is 0 Å². The van der Waals surface area contributed by atoms with Gasteiger partial charge in [-0.25, -0.2) is 13.6 Å². The molecule has 2 rings (SSSR count). The van der Waals surface area contributed by atoms with Crippen molar-refractivity contribution in [2.45, 2.75) is 44.1 Å². The number of ether oxygens (including phenoxy) is 1. The van der Waals surface area contributed by atoms with E-state index in [1.165, 1.54) is 12.0 Å². The minimum absolute atomic E-state index is 0.205. The van der Waals surface area contributed by atoms with Crippen LogP contribution < -0.4 is 0 Å². The van der Waals surface area contributed by atoms with Gasteiger partial charge >= 0.3 is 5.97 Å². The summed E-state index contributed by atoms with van der Waals surface area (Å²) in [6.07, 6.45) is 0.850. The zero-order chi connectivity index (χ0) is 13.3. The normalized spacial score (nSPS) is 30.5. The second-order valence-electron chi connectivity index (χ2n) is 5.01. The van der Waals surface area contributed by atoms with E-state index in [0.717, 1.165) is 0 Å². The predicted octanol–water partition coefficient (Wildman–Crippen LogP) is 1.59. The number of alkyl halides is 2. The number of rotatable bonds is 2. The smallest absolute Gasteiger partial charge is 0.328 e. The lowest BCUT2D eigenvalue weighted by atomic mass is 10.1. The first-order valence-corrected chi connectivity index (χ1v) is 6.21. The first kappa shape index (κ1) is 13.2. The largest absolute Gasteiger partial charge is 0.467 e. The molecule has 6 heteroatoms. The predicted molar refractivity (Wildman–Crippen MR) is 59.0 cm³/mol. The SMILES string of the molecule is COC(=O)C1CCCN1C(=O)C1CCC(F)(F)C1. The molecule has 1 saturated heterocycles. The molecule has 0 aromatic heterocycles. The van der Waals surface area contributed by atoms with Crippen molar-refractivity contribution in [3.63, 3.8) is 0 Å². The molecular formula is C12H17F2NO3. The molecule has 0 spiro atoms. The Bertz CT molecular complexity index is 359. The van der Waals surface area contributed by atoms with E-state index in [1.54, 1.807) is 0 Å². The molecular weight excluding hydrogens is 244 g/mol. The van der Waals surface area contributed by atoms with E-state index in [9.17, 15) is 18.4 Å². The van der Waals surface area contributed by atoms with Crippen LogP contribution >= 0.6 is 0 Å². The Labute approximate surface area is 104 Å². The van der Waals surface area contributed by atoms with Crippen LogP contribution in [-0.2, 0) is 14.3 Å². The summed E-state index contributed by atoms with van der Waals surface area (Å²) in [4.78, 5) is 25.1. The minimum atomic E-state index is -2.74. The van der Waals surface area contributed by atoms with Crippen molar-refractivity contribution in [2.75, 3.05) is 13.7 Å². The maximum atomic E-state index is 13.1. The highest BCUT2D eigenvalue weighted by atomic mass is 19.3. The Morgan fingerprint density at radius 3 is 2.61 bits per heavy atom. The van der Waals surface area contributed by atoms with Crippen LogP contribution in [0.25, 0.3) is 0 Å². The molecule has 0 bridgehead atoms. The van der Waals surface area contributed by atoms with E-state index in [0.29, 0.717) is 19.4 Å². The van der Waals surface area contributed by atoms with Gasteiger partial charge in [-0.15, -0.1) is 0 Å². The summed E-state index contributed by atoms with van der Waals surface area (Å²) >= 11 is 0. The highest BCUT2D eigenvalue weighted by molar-refractivity contribution is 5.86. The molecule has 0 aromatic rings. The molecule has 102 valence electrons.